The van der Waals surface area contributed by atoms with Crippen LogP contribution in [0.1, 0.15) is 12.5 Å². The topological polar surface area (TPSA) is 124 Å². The zero-order valence-corrected chi connectivity index (χ0v) is 19.9. The van der Waals surface area contributed by atoms with Gasteiger partial charge in [0.25, 0.3) is 5.91 Å². The van der Waals surface area contributed by atoms with Crippen molar-refractivity contribution < 1.29 is 23.8 Å². The molecule has 2 heterocycles. The lowest BCUT2D eigenvalue weighted by Gasteiger charge is -2.22. The second-order valence-electron chi connectivity index (χ2n) is 8.71. The highest BCUT2D eigenvalue weighted by molar-refractivity contribution is 5.94. The number of aromatic nitrogens is 1. The molecule has 37 heavy (non-hydrogen) atoms. The minimum Gasteiger partial charge on any atom is -0.548 e. The van der Waals surface area contributed by atoms with Crippen molar-refractivity contribution in [1.29, 1.82) is 0 Å². The Labute approximate surface area is 211 Å². The number of aromatic amines is 1. The maximum absolute atomic E-state index is 12.8. The van der Waals surface area contributed by atoms with Crippen molar-refractivity contribution in [2.45, 2.75) is 25.5 Å². The van der Waals surface area contributed by atoms with Crippen LogP contribution in [0.2, 0.25) is 0 Å². The maximum atomic E-state index is 12.8. The maximum Gasteiger partial charge on any atom is 0.336 e. The van der Waals surface area contributed by atoms with Crippen LogP contribution in [0.25, 0.3) is 33.0 Å². The van der Waals surface area contributed by atoms with E-state index in [1.54, 1.807) is 18.3 Å². The number of para-hydroxylation sites is 1. The first kappa shape index (κ1) is 23.9. The van der Waals surface area contributed by atoms with Gasteiger partial charge in [0, 0.05) is 41.0 Å². The Morgan fingerprint density at radius 3 is 2.54 bits per heavy atom. The summed E-state index contributed by atoms with van der Waals surface area (Å²) in [6, 6.07) is 22.1. The van der Waals surface area contributed by atoms with Crippen LogP contribution in [0.5, 0.6) is 5.75 Å². The van der Waals surface area contributed by atoms with Gasteiger partial charge in [-0.25, -0.2) is 4.79 Å². The second-order valence-corrected chi connectivity index (χ2v) is 8.71. The van der Waals surface area contributed by atoms with E-state index in [1.807, 2.05) is 54.6 Å². The number of benzene rings is 3. The van der Waals surface area contributed by atoms with E-state index >= 15 is 0 Å². The van der Waals surface area contributed by atoms with Crippen LogP contribution >= 0.6 is 0 Å². The molecule has 5 aromatic rings. The summed E-state index contributed by atoms with van der Waals surface area (Å²) in [5.41, 5.74) is 3.00. The highest BCUT2D eigenvalue weighted by Gasteiger charge is 2.22. The third-order valence-electron chi connectivity index (χ3n) is 6.18. The van der Waals surface area contributed by atoms with Crippen LogP contribution in [0, 0.1) is 0 Å². The number of carbonyl (C=O) groups excluding carboxylic acids is 2. The first-order chi connectivity index (χ1) is 17.9. The number of nitrogens with one attached hydrogen (secondary N) is 2. The monoisotopic (exact) mass is 495 g/mol. The van der Waals surface area contributed by atoms with Crippen molar-refractivity contribution in [3.05, 3.63) is 101 Å². The predicted octanol–water partition coefficient (Wildman–Crippen LogP) is 3.19. The summed E-state index contributed by atoms with van der Waals surface area (Å²) < 4.78 is 11.1. The summed E-state index contributed by atoms with van der Waals surface area (Å²) in [7, 11) is 0. The van der Waals surface area contributed by atoms with Gasteiger partial charge in [-0.15, -0.1) is 0 Å². The number of ether oxygens (including phenoxy) is 1. The minimum absolute atomic E-state index is 0.0498. The van der Waals surface area contributed by atoms with Crippen LogP contribution in [0.3, 0.4) is 0 Å². The molecule has 0 radical (unpaired) electrons. The summed E-state index contributed by atoms with van der Waals surface area (Å²) >= 11 is 0. The number of fused-ring (bicyclic) bond motifs is 2. The van der Waals surface area contributed by atoms with Crippen molar-refractivity contribution >= 4 is 33.7 Å². The van der Waals surface area contributed by atoms with Gasteiger partial charge in [-0.1, -0.05) is 48.5 Å². The Morgan fingerprint density at radius 1 is 1.00 bits per heavy atom. The van der Waals surface area contributed by atoms with Crippen LogP contribution in [0.15, 0.2) is 94.3 Å². The van der Waals surface area contributed by atoms with E-state index in [4.69, 9.17) is 9.15 Å². The zero-order valence-electron chi connectivity index (χ0n) is 19.9. The van der Waals surface area contributed by atoms with Gasteiger partial charge in [-0.2, -0.15) is 0 Å². The normalized spacial score (nSPS) is 12.8. The fourth-order valence-electron chi connectivity index (χ4n) is 4.33. The molecule has 2 atom stereocenters. The molecular weight excluding hydrogens is 472 g/mol. The van der Waals surface area contributed by atoms with Gasteiger partial charge in [0.15, 0.2) is 6.10 Å². The van der Waals surface area contributed by atoms with Crippen molar-refractivity contribution in [2.75, 3.05) is 0 Å². The molecule has 0 saturated heterocycles. The van der Waals surface area contributed by atoms with Gasteiger partial charge in [-0.05, 0) is 41.8 Å². The molecule has 0 aliphatic heterocycles. The number of carboxylic acid groups (broad SMARTS) is 1. The van der Waals surface area contributed by atoms with Crippen molar-refractivity contribution in [2.24, 2.45) is 0 Å². The van der Waals surface area contributed by atoms with Crippen LogP contribution < -0.4 is 20.8 Å². The standard InChI is InChI=1S/C29H24N2O6/c1-17(28(33)31-25(29(34)35)13-19-16-30-24-10-6-5-9-21(19)24)36-20-11-12-22-23(18-7-3-2-4-8-18)15-27(32)37-26(22)14-20/h2-12,14-17,25,30H,13H2,1H3,(H,31,33)(H,34,35)/p-1/t17-,25-/m1/s1. The molecule has 0 fully saturated rings. The number of rotatable bonds is 8. The van der Waals surface area contributed by atoms with Crippen LogP contribution in [-0.2, 0) is 16.0 Å². The lowest BCUT2D eigenvalue weighted by atomic mass is 10.0. The van der Waals surface area contributed by atoms with Gasteiger partial charge >= 0.3 is 5.63 Å². The third-order valence-corrected chi connectivity index (χ3v) is 6.18. The molecule has 186 valence electrons. The molecule has 2 N–H and O–H groups in total. The third kappa shape index (κ3) is 5.08. The van der Waals surface area contributed by atoms with E-state index in [2.05, 4.69) is 10.3 Å². The number of hydrogen-bond acceptors (Lipinski definition) is 6. The van der Waals surface area contributed by atoms with Crippen molar-refractivity contribution in [1.82, 2.24) is 10.3 Å². The van der Waals surface area contributed by atoms with Crippen LogP contribution in [-0.4, -0.2) is 29.0 Å². The number of H-pyrrole nitrogens is 1. The zero-order chi connectivity index (χ0) is 25.9. The summed E-state index contributed by atoms with van der Waals surface area (Å²) in [6.45, 7) is 1.51. The molecular formula is C29H23N2O6-. The molecule has 0 aliphatic rings. The fraction of sp³-hybridized carbons (Fsp3) is 0.138. The molecule has 0 bridgehead atoms. The minimum atomic E-state index is -1.40. The highest BCUT2D eigenvalue weighted by atomic mass is 16.5. The fourth-order valence-corrected chi connectivity index (χ4v) is 4.33. The van der Waals surface area contributed by atoms with Gasteiger partial charge < -0.3 is 29.4 Å². The summed E-state index contributed by atoms with van der Waals surface area (Å²) in [6.07, 6.45) is 0.749. The summed E-state index contributed by atoms with van der Waals surface area (Å²) in [5, 5.41) is 15.9. The average Bonchev–Trinajstić information content (AvgIpc) is 3.30. The smallest absolute Gasteiger partial charge is 0.336 e. The van der Waals surface area contributed by atoms with Gasteiger partial charge in [0.05, 0.1) is 12.0 Å². The van der Waals surface area contributed by atoms with E-state index in [0.29, 0.717) is 16.7 Å². The molecule has 0 spiro atoms. The molecule has 3 aromatic carbocycles. The van der Waals surface area contributed by atoms with E-state index in [0.717, 1.165) is 27.6 Å². The SMILES string of the molecule is C[C@@H](Oc1ccc2c(-c3ccccc3)cc(=O)oc2c1)C(=O)N[C@H](Cc1c[nH]c2ccccc12)C(=O)[O-]. The Hall–Kier alpha value is -4.85. The Morgan fingerprint density at radius 2 is 1.76 bits per heavy atom. The van der Waals surface area contributed by atoms with E-state index in [9.17, 15) is 19.5 Å². The first-order valence-corrected chi connectivity index (χ1v) is 11.8. The van der Waals surface area contributed by atoms with Gasteiger partial charge in [-0.3, -0.25) is 4.79 Å². The summed E-state index contributed by atoms with van der Waals surface area (Å²) in [4.78, 5) is 39.9. The quantitative estimate of drug-likeness (QED) is 0.319. The lowest BCUT2D eigenvalue weighted by molar-refractivity contribution is -0.308. The number of carboxylic acids is 1. The molecule has 5 rings (SSSR count). The van der Waals surface area contributed by atoms with Crippen molar-refractivity contribution in [3.63, 3.8) is 0 Å². The number of hydrogen-bond donors (Lipinski definition) is 2. The molecule has 8 heteroatoms. The summed E-state index contributed by atoms with van der Waals surface area (Å²) in [5.74, 6) is -1.72. The predicted molar refractivity (Wildman–Crippen MR) is 137 cm³/mol. The molecule has 0 aliphatic carbocycles. The van der Waals surface area contributed by atoms with Gasteiger partial charge in [0.2, 0.25) is 0 Å². The van der Waals surface area contributed by atoms with Crippen molar-refractivity contribution in [3.8, 4) is 16.9 Å². The average molecular weight is 496 g/mol. The number of carbonyl (C=O) groups is 2. The molecule has 0 unspecified atom stereocenters. The Balaban J connectivity index is 1.32. The largest absolute Gasteiger partial charge is 0.548 e. The highest BCUT2D eigenvalue weighted by Crippen LogP contribution is 2.30. The van der Waals surface area contributed by atoms with Crippen LogP contribution in [0.4, 0.5) is 0 Å². The van der Waals surface area contributed by atoms with E-state index in [1.165, 1.54) is 19.1 Å². The lowest BCUT2D eigenvalue weighted by Crippen LogP contribution is -2.52. The number of amides is 1. The first-order valence-electron chi connectivity index (χ1n) is 11.8. The molecule has 0 saturated carbocycles. The van der Waals surface area contributed by atoms with E-state index < -0.39 is 29.6 Å². The van der Waals surface area contributed by atoms with Gasteiger partial charge in [0.1, 0.15) is 11.3 Å². The Kier molecular flexibility index (Phi) is 6.47. The molecule has 2 aromatic heterocycles. The van der Waals surface area contributed by atoms with E-state index in [-0.39, 0.29) is 6.42 Å². The molecule has 8 nitrogen and oxygen atoms in total. The number of aliphatic carboxylic acids is 1. The second kappa shape index (κ2) is 10.0. The molecule has 1 amide bonds. The Bertz CT molecular complexity index is 1650.